The van der Waals surface area contributed by atoms with Crippen molar-refractivity contribution in [3.8, 4) is 0 Å². The van der Waals surface area contributed by atoms with Crippen LogP contribution in [0.1, 0.15) is 24.2 Å². The van der Waals surface area contributed by atoms with E-state index in [-0.39, 0.29) is 17.7 Å². The van der Waals surface area contributed by atoms with E-state index in [0.717, 1.165) is 0 Å². The number of piperazine rings is 1. The molecule has 19 heavy (non-hydrogen) atoms. The maximum Gasteiger partial charge on any atom is 0.254 e. The fourth-order valence-corrected chi connectivity index (χ4v) is 2.17. The highest BCUT2D eigenvalue weighted by molar-refractivity contribution is 5.94. The van der Waals surface area contributed by atoms with E-state index in [1.54, 1.807) is 29.4 Å². The highest BCUT2D eigenvalue weighted by Gasteiger charge is 2.25. The van der Waals surface area contributed by atoms with Crippen LogP contribution in [0.5, 0.6) is 0 Å². The molecule has 0 radical (unpaired) electrons. The van der Waals surface area contributed by atoms with E-state index in [9.17, 15) is 9.59 Å². The van der Waals surface area contributed by atoms with E-state index in [1.165, 1.54) is 0 Å². The summed E-state index contributed by atoms with van der Waals surface area (Å²) in [5.74, 6) is 0.192. The van der Waals surface area contributed by atoms with Crippen LogP contribution in [0.25, 0.3) is 0 Å². The summed E-state index contributed by atoms with van der Waals surface area (Å²) in [4.78, 5) is 31.6. The van der Waals surface area contributed by atoms with Gasteiger partial charge in [-0.3, -0.25) is 14.6 Å². The second kappa shape index (κ2) is 5.82. The molecule has 1 saturated heterocycles. The monoisotopic (exact) mass is 261 g/mol. The standard InChI is InChI=1S/C14H19N3O2/c1-11(2)13(18)16-7-9-17(10-8-16)14(19)12-3-5-15-6-4-12/h3-6,11H,7-10H2,1-2H3. The summed E-state index contributed by atoms with van der Waals surface area (Å²) < 4.78 is 0. The molecule has 5 nitrogen and oxygen atoms in total. The van der Waals surface area contributed by atoms with Crippen molar-refractivity contribution in [2.45, 2.75) is 13.8 Å². The average Bonchev–Trinajstić information content (AvgIpc) is 2.46. The Morgan fingerprint density at radius 3 is 2.11 bits per heavy atom. The third kappa shape index (κ3) is 3.10. The summed E-state index contributed by atoms with van der Waals surface area (Å²) in [5.41, 5.74) is 0.652. The lowest BCUT2D eigenvalue weighted by molar-refractivity contribution is -0.135. The molecule has 0 aliphatic carbocycles. The molecule has 102 valence electrons. The smallest absolute Gasteiger partial charge is 0.254 e. The van der Waals surface area contributed by atoms with Crippen LogP contribution in [-0.2, 0) is 4.79 Å². The number of amides is 2. The van der Waals surface area contributed by atoms with Crippen molar-refractivity contribution in [2.24, 2.45) is 5.92 Å². The van der Waals surface area contributed by atoms with Gasteiger partial charge in [-0.1, -0.05) is 13.8 Å². The molecular formula is C14H19N3O2. The van der Waals surface area contributed by atoms with Crippen molar-refractivity contribution < 1.29 is 9.59 Å². The van der Waals surface area contributed by atoms with Gasteiger partial charge >= 0.3 is 0 Å². The molecule has 2 rings (SSSR count). The number of hydrogen-bond donors (Lipinski definition) is 0. The Hall–Kier alpha value is -1.91. The molecule has 1 aromatic heterocycles. The van der Waals surface area contributed by atoms with Gasteiger partial charge in [-0.15, -0.1) is 0 Å². The van der Waals surface area contributed by atoms with Crippen LogP contribution in [0.4, 0.5) is 0 Å². The van der Waals surface area contributed by atoms with Gasteiger partial charge in [0.25, 0.3) is 5.91 Å². The number of rotatable bonds is 2. The topological polar surface area (TPSA) is 53.5 Å². The normalized spacial score (nSPS) is 15.7. The number of nitrogens with zero attached hydrogens (tertiary/aromatic N) is 3. The first kappa shape index (κ1) is 13.5. The molecule has 1 fully saturated rings. The Balaban J connectivity index is 1.94. The summed E-state index contributed by atoms with van der Waals surface area (Å²) in [6.07, 6.45) is 3.23. The SMILES string of the molecule is CC(C)C(=O)N1CCN(C(=O)c2ccncc2)CC1. The Bertz CT molecular complexity index is 451. The number of carbonyl (C=O) groups is 2. The number of aromatic nitrogens is 1. The third-order valence-corrected chi connectivity index (χ3v) is 3.30. The third-order valence-electron chi connectivity index (χ3n) is 3.30. The summed E-state index contributed by atoms with van der Waals surface area (Å²) in [7, 11) is 0. The average molecular weight is 261 g/mol. The van der Waals surface area contributed by atoms with Gasteiger partial charge in [-0.05, 0) is 12.1 Å². The summed E-state index contributed by atoms with van der Waals surface area (Å²) in [5, 5.41) is 0. The van der Waals surface area contributed by atoms with Crippen LogP contribution in [0.2, 0.25) is 0 Å². The van der Waals surface area contributed by atoms with Gasteiger partial charge in [0.1, 0.15) is 0 Å². The van der Waals surface area contributed by atoms with Gasteiger partial charge < -0.3 is 9.80 Å². The van der Waals surface area contributed by atoms with Crippen LogP contribution in [0.3, 0.4) is 0 Å². The number of pyridine rings is 1. The van der Waals surface area contributed by atoms with Crippen LogP contribution < -0.4 is 0 Å². The fraction of sp³-hybridized carbons (Fsp3) is 0.500. The molecule has 0 bridgehead atoms. The van der Waals surface area contributed by atoms with Crippen LogP contribution in [0, 0.1) is 5.92 Å². The van der Waals surface area contributed by atoms with Gasteiger partial charge in [-0.2, -0.15) is 0 Å². The minimum absolute atomic E-state index is 0.0130. The van der Waals surface area contributed by atoms with Crippen molar-refractivity contribution in [1.82, 2.24) is 14.8 Å². The minimum Gasteiger partial charge on any atom is -0.339 e. The molecule has 0 unspecified atom stereocenters. The van der Waals surface area contributed by atoms with E-state index < -0.39 is 0 Å². The maximum atomic E-state index is 12.2. The largest absolute Gasteiger partial charge is 0.339 e. The molecule has 0 saturated carbocycles. The molecule has 5 heteroatoms. The molecule has 0 aromatic carbocycles. The minimum atomic E-state index is 0.0130. The maximum absolute atomic E-state index is 12.2. The summed E-state index contributed by atoms with van der Waals surface area (Å²) in [6, 6.07) is 3.43. The van der Waals surface area contributed by atoms with Gasteiger partial charge in [0.05, 0.1) is 0 Å². The predicted octanol–water partition coefficient (Wildman–Crippen LogP) is 1.02. The molecule has 1 aliphatic rings. The van der Waals surface area contributed by atoms with Gasteiger partial charge in [0, 0.05) is 50.1 Å². The van der Waals surface area contributed by atoms with Crippen LogP contribution in [0.15, 0.2) is 24.5 Å². The molecule has 0 N–H and O–H groups in total. The molecule has 1 aromatic rings. The first-order valence-electron chi connectivity index (χ1n) is 6.57. The van der Waals surface area contributed by atoms with Crippen LogP contribution in [-0.4, -0.2) is 52.8 Å². The Kier molecular flexibility index (Phi) is 4.14. The molecule has 2 amide bonds. The molecule has 0 atom stereocenters. The first-order valence-corrected chi connectivity index (χ1v) is 6.57. The number of hydrogen-bond acceptors (Lipinski definition) is 3. The van der Waals surface area contributed by atoms with Crippen molar-refractivity contribution in [3.63, 3.8) is 0 Å². The summed E-state index contributed by atoms with van der Waals surface area (Å²) >= 11 is 0. The van der Waals surface area contributed by atoms with Gasteiger partial charge in [0.2, 0.25) is 5.91 Å². The van der Waals surface area contributed by atoms with E-state index in [0.29, 0.717) is 31.7 Å². The van der Waals surface area contributed by atoms with Crippen molar-refractivity contribution in [1.29, 1.82) is 0 Å². The van der Waals surface area contributed by atoms with Crippen molar-refractivity contribution >= 4 is 11.8 Å². The van der Waals surface area contributed by atoms with Gasteiger partial charge in [0.15, 0.2) is 0 Å². The van der Waals surface area contributed by atoms with Crippen molar-refractivity contribution in [2.75, 3.05) is 26.2 Å². The molecule has 0 spiro atoms. The zero-order valence-electron chi connectivity index (χ0n) is 11.4. The van der Waals surface area contributed by atoms with E-state index in [1.807, 2.05) is 18.7 Å². The Morgan fingerprint density at radius 2 is 1.58 bits per heavy atom. The lowest BCUT2D eigenvalue weighted by atomic mass is 10.1. The zero-order valence-corrected chi connectivity index (χ0v) is 11.4. The van der Waals surface area contributed by atoms with Crippen molar-refractivity contribution in [3.05, 3.63) is 30.1 Å². The summed E-state index contributed by atoms with van der Waals surface area (Å²) in [6.45, 7) is 6.23. The first-order chi connectivity index (χ1) is 9.09. The van der Waals surface area contributed by atoms with Gasteiger partial charge in [-0.25, -0.2) is 0 Å². The van der Waals surface area contributed by atoms with Crippen LogP contribution >= 0.6 is 0 Å². The number of carbonyl (C=O) groups excluding carboxylic acids is 2. The quantitative estimate of drug-likeness (QED) is 0.798. The van der Waals surface area contributed by atoms with E-state index >= 15 is 0 Å². The zero-order chi connectivity index (χ0) is 13.8. The van der Waals surface area contributed by atoms with E-state index in [2.05, 4.69) is 4.98 Å². The lowest BCUT2D eigenvalue weighted by Gasteiger charge is -2.35. The Morgan fingerprint density at radius 1 is 1.05 bits per heavy atom. The second-order valence-electron chi connectivity index (χ2n) is 5.01. The van der Waals surface area contributed by atoms with E-state index in [4.69, 9.17) is 0 Å². The fourth-order valence-electron chi connectivity index (χ4n) is 2.17. The molecule has 2 heterocycles. The molecule has 1 aliphatic heterocycles. The predicted molar refractivity (Wildman–Crippen MR) is 71.6 cm³/mol. The molecular weight excluding hydrogens is 242 g/mol. The second-order valence-corrected chi connectivity index (χ2v) is 5.01. The Labute approximate surface area is 113 Å². The lowest BCUT2D eigenvalue weighted by Crippen LogP contribution is -2.51. The highest BCUT2D eigenvalue weighted by atomic mass is 16.2. The highest BCUT2D eigenvalue weighted by Crippen LogP contribution is 2.10.